The molecule has 0 spiro atoms. The number of hydrogen-bond donors (Lipinski definition) is 1. The predicted molar refractivity (Wildman–Crippen MR) is 76.9 cm³/mol. The van der Waals surface area contributed by atoms with Crippen LogP contribution >= 0.6 is 15.9 Å². The zero-order valence-corrected chi connectivity index (χ0v) is 13.0. The van der Waals surface area contributed by atoms with Crippen LogP contribution in [0.2, 0.25) is 0 Å². The van der Waals surface area contributed by atoms with Crippen LogP contribution in [0.1, 0.15) is 22.6 Å². The van der Waals surface area contributed by atoms with Crippen molar-refractivity contribution in [2.75, 3.05) is 0 Å². The van der Waals surface area contributed by atoms with Gasteiger partial charge in [-0.2, -0.15) is 8.78 Å². The minimum absolute atomic E-state index is 0.00330. The lowest BCUT2D eigenvalue weighted by Crippen LogP contribution is -2.40. The van der Waals surface area contributed by atoms with E-state index in [9.17, 15) is 27.6 Å². The molecule has 0 bridgehead atoms. The van der Waals surface area contributed by atoms with E-state index in [2.05, 4.69) is 15.9 Å². The molecule has 23 heavy (non-hydrogen) atoms. The fraction of sp³-hybridized carbons (Fsp3) is 0.154. The highest BCUT2D eigenvalue weighted by atomic mass is 79.9. The van der Waals surface area contributed by atoms with Gasteiger partial charge in [-0.15, -0.1) is 0 Å². The Hall–Kier alpha value is -2.36. The molecule has 1 heterocycles. The lowest BCUT2D eigenvalue weighted by molar-refractivity contribution is 0.0614. The van der Waals surface area contributed by atoms with Gasteiger partial charge in [0.15, 0.2) is 0 Å². The molecule has 0 saturated carbocycles. The summed E-state index contributed by atoms with van der Waals surface area (Å²) >= 11 is 2.83. The summed E-state index contributed by atoms with van der Waals surface area (Å²) in [6, 6.07) is 2.18. The van der Waals surface area contributed by atoms with E-state index in [-0.39, 0.29) is 19.3 Å². The summed E-state index contributed by atoms with van der Waals surface area (Å²) in [5.41, 5.74) is -3.99. The number of aromatic nitrogens is 2. The fourth-order valence-electron chi connectivity index (χ4n) is 2.00. The molecule has 0 amide bonds. The van der Waals surface area contributed by atoms with Crippen LogP contribution in [-0.2, 0) is 0 Å². The molecule has 0 radical (unpaired) electrons. The van der Waals surface area contributed by atoms with Crippen molar-refractivity contribution in [1.82, 2.24) is 9.13 Å². The van der Waals surface area contributed by atoms with E-state index in [4.69, 9.17) is 5.11 Å². The highest BCUT2D eigenvalue weighted by molar-refractivity contribution is 9.10. The number of rotatable bonds is 3. The first-order valence-electron chi connectivity index (χ1n) is 6.01. The number of halogens is 4. The average Bonchev–Trinajstić information content (AvgIpc) is 2.39. The third kappa shape index (κ3) is 2.93. The van der Waals surface area contributed by atoms with Crippen molar-refractivity contribution in [3.8, 4) is 5.69 Å². The van der Waals surface area contributed by atoms with Crippen molar-refractivity contribution in [2.24, 2.45) is 0 Å². The summed E-state index contributed by atoms with van der Waals surface area (Å²) in [6.45, 7) is -2.12. The Kier molecular flexibility index (Phi) is 4.46. The molecular weight excluding hydrogens is 385 g/mol. The fourth-order valence-corrected chi connectivity index (χ4v) is 2.48. The normalized spacial score (nSPS) is 11.0. The molecule has 122 valence electrons. The van der Waals surface area contributed by atoms with Crippen LogP contribution in [0.15, 0.2) is 32.3 Å². The summed E-state index contributed by atoms with van der Waals surface area (Å²) in [4.78, 5) is 35.1. The number of carboxylic acids is 1. The van der Waals surface area contributed by atoms with Gasteiger partial charge in [0.2, 0.25) is 0 Å². The van der Waals surface area contributed by atoms with E-state index < -0.39 is 40.8 Å². The molecule has 0 fully saturated rings. The third-order valence-electron chi connectivity index (χ3n) is 3.03. The number of nitrogens with zero attached hydrogens (tertiary/aromatic N) is 2. The second kappa shape index (κ2) is 6.03. The van der Waals surface area contributed by atoms with E-state index in [1.54, 1.807) is 0 Å². The largest absolute Gasteiger partial charge is 0.478 e. The van der Waals surface area contributed by atoms with Gasteiger partial charge >= 0.3 is 18.2 Å². The molecule has 0 atom stereocenters. The number of benzene rings is 1. The van der Waals surface area contributed by atoms with Crippen LogP contribution in [-0.4, -0.2) is 20.2 Å². The van der Waals surface area contributed by atoms with E-state index in [0.29, 0.717) is 0 Å². The van der Waals surface area contributed by atoms with Crippen LogP contribution < -0.4 is 11.2 Å². The van der Waals surface area contributed by atoms with Crippen molar-refractivity contribution in [2.45, 2.75) is 13.5 Å². The van der Waals surface area contributed by atoms with E-state index in [0.717, 1.165) is 25.1 Å². The van der Waals surface area contributed by atoms with E-state index in [1.807, 2.05) is 0 Å². The number of carbonyl (C=O) groups is 1. The Bertz CT molecular complexity index is 921. The second-order valence-electron chi connectivity index (χ2n) is 4.48. The molecule has 1 N–H and O–H groups in total. The SMILES string of the molecule is Cc1cc(=O)n(-c2cc(C(=O)O)c(Br)cc2F)c(=O)n1C(F)F. The first kappa shape index (κ1) is 17.0. The number of aryl methyl sites for hydroxylation is 1. The Morgan fingerprint density at radius 1 is 1.26 bits per heavy atom. The summed E-state index contributed by atoms with van der Waals surface area (Å²) in [5, 5.41) is 9.01. The van der Waals surface area contributed by atoms with Gasteiger partial charge in [0, 0.05) is 16.2 Å². The molecule has 6 nitrogen and oxygen atoms in total. The Labute approximate surface area is 134 Å². The average molecular weight is 393 g/mol. The maximum Gasteiger partial charge on any atom is 0.340 e. The second-order valence-corrected chi connectivity index (χ2v) is 5.33. The van der Waals surface area contributed by atoms with Crippen molar-refractivity contribution in [1.29, 1.82) is 0 Å². The van der Waals surface area contributed by atoms with Crippen LogP contribution in [0.3, 0.4) is 0 Å². The summed E-state index contributed by atoms with van der Waals surface area (Å²) < 4.78 is 40.0. The van der Waals surface area contributed by atoms with Gasteiger partial charge in [-0.3, -0.25) is 4.79 Å². The summed E-state index contributed by atoms with van der Waals surface area (Å²) in [6.07, 6.45) is 0. The zero-order valence-electron chi connectivity index (χ0n) is 11.4. The number of aromatic carboxylic acids is 1. The van der Waals surface area contributed by atoms with Gasteiger partial charge in [-0.05, 0) is 35.0 Å². The predicted octanol–water partition coefficient (Wildman–Crippen LogP) is 2.30. The van der Waals surface area contributed by atoms with Crippen molar-refractivity contribution in [3.05, 3.63) is 60.6 Å². The number of alkyl halides is 2. The van der Waals surface area contributed by atoms with Crippen molar-refractivity contribution >= 4 is 21.9 Å². The molecule has 0 unspecified atom stereocenters. The number of hydrogen-bond acceptors (Lipinski definition) is 3. The molecule has 0 aliphatic carbocycles. The lowest BCUT2D eigenvalue weighted by atomic mass is 10.2. The van der Waals surface area contributed by atoms with Gasteiger partial charge in [0.05, 0.1) is 11.3 Å². The van der Waals surface area contributed by atoms with Gasteiger partial charge < -0.3 is 5.11 Å². The van der Waals surface area contributed by atoms with Gasteiger partial charge in [0.1, 0.15) is 5.82 Å². The Morgan fingerprint density at radius 3 is 2.39 bits per heavy atom. The smallest absolute Gasteiger partial charge is 0.340 e. The van der Waals surface area contributed by atoms with Gasteiger partial charge in [-0.1, -0.05) is 0 Å². The van der Waals surface area contributed by atoms with Gasteiger partial charge in [0.25, 0.3) is 5.56 Å². The van der Waals surface area contributed by atoms with Crippen LogP contribution in [0, 0.1) is 12.7 Å². The van der Waals surface area contributed by atoms with Crippen LogP contribution in [0.4, 0.5) is 13.2 Å². The zero-order chi connectivity index (χ0) is 17.5. The molecule has 1 aromatic heterocycles. The first-order chi connectivity index (χ1) is 10.6. The van der Waals surface area contributed by atoms with Crippen molar-refractivity contribution in [3.63, 3.8) is 0 Å². The van der Waals surface area contributed by atoms with E-state index >= 15 is 0 Å². The molecule has 2 aromatic rings. The monoisotopic (exact) mass is 392 g/mol. The minimum Gasteiger partial charge on any atom is -0.478 e. The standard InChI is InChI=1S/C13H8BrF3N2O4/c1-5-2-10(20)19(13(23)18(5)12(16)17)9-3-6(11(21)22)7(14)4-8(9)15/h2-4,12H,1H3,(H,21,22). The highest BCUT2D eigenvalue weighted by Crippen LogP contribution is 2.23. The molecular formula is C13H8BrF3N2O4. The van der Waals surface area contributed by atoms with Crippen LogP contribution in [0.25, 0.3) is 5.69 Å². The number of carboxylic acid groups (broad SMARTS) is 1. The molecule has 1 aromatic carbocycles. The van der Waals surface area contributed by atoms with Gasteiger partial charge in [-0.25, -0.2) is 23.1 Å². The minimum atomic E-state index is -3.24. The topological polar surface area (TPSA) is 81.3 Å². The summed E-state index contributed by atoms with van der Waals surface area (Å²) in [5.74, 6) is -2.57. The molecule has 0 saturated heterocycles. The van der Waals surface area contributed by atoms with Crippen molar-refractivity contribution < 1.29 is 23.1 Å². The lowest BCUT2D eigenvalue weighted by Gasteiger charge is -2.13. The molecule has 10 heteroatoms. The maximum atomic E-state index is 14.1. The highest BCUT2D eigenvalue weighted by Gasteiger charge is 2.21. The first-order valence-corrected chi connectivity index (χ1v) is 6.80. The Morgan fingerprint density at radius 2 is 1.87 bits per heavy atom. The molecule has 2 rings (SSSR count). The quantitative estimate of drug-likeness (QED) is 0.868. The summed E-state index contributed by atoms with van der Waals surface area (Å²) in [7, 11) is 0. The van der Waals surface area contributed by atoms with E-state index in [1.165, 1.54) is 0 Å². The maximum absolute atomic E-state index is 14.1. The van der Waals surface area contributed by atoms with Crippen LogP contribution in [0.5, 0.6) is 0 Å². The third-order valence-corrected chi connectivity index (χ3v) is 3.69. The molecule has 0 aliphatic rings. The Balaban J connectivity index is 2.91. The molecule has 0 aliphatic heterocycles.